The maximum atomic E-state index is 11.4. The summed E-state index contributed by atoms with van der Waals surface area (Å²) in [7, 11) is 0. The summed E-state index contributed by atoms with van der Waals surface area (Å²) >= 11 is 6.00. The van der Waals surface area contributed by atoms with Crippen molar-refractivity contribution >= 4 is 23.2 Å². The molecule has 1 aromatic carbocycles. The molecule has 6 heteroatoms. The highest BCUT2D eigenvalue weighted by Crippen LogP contribution is 2.28. The van der Waals surface area contributed by atoms with E-state index in [1.54, 1.807) is 18.2 Å². The number of rotatable bonds is 2. The molecular weight excluding hydrogens is 252 g/mol. The highest BCUT2D eigenvalue weighted by atomic mass is 35.5. The fourth-order valence-corrected chi connectivity index (χ4v) is 2.32. The molecule has 94 valence electrons. The van der Waals surface area contributed by atoms with Gasteiger partial charge in [-0.1, -0.05) is 17.7 Å². The van der Waals surface area contributed by atoms with Crippen LogP contribution in [0.1, 0.15) is 5.56 Å². The van der Waals surface area contributed by atoms with Crippen LogP contribution in [0.4, 0.5) is 5.69 Å². The summed E-state index contributed by atoms with van der Waals surface area (Å²) in [5.74, 6) is -0.411. The van der Waals surface area contributed by atoms with E-state index in [-0.39, 0.29) is 0 Å². The number of benzene rings is 1. The fourth-order valence-electron chi connectivity index (χ4n) is 2.11. The van der Waals surface area contributed by atoms with Gasteiger partial charge in [0, 0.05) is 19.6 Å². The second-order valence-corrected chi connectivity index (χ2v) is 4.47. The van der Waals surface area contributed by atoms with Gasteiger partial charge in [0.05, 0.1) is 16.3 Å². The second kappa shape index (κ2) is 5.25. The molecule has 2 rings (SSSR count). The Morgan fingerprint density at radius 1 is 1.61 bits per heavy atom. The number of carbonyl (C=O) groups excluding carboxylic acids is 1. The molecule has 0 radical (unpaired) electrons. The van der Waals surface area contributed by atoms with E-state index in [1.165, 1.54) is 0 Å². The first kappa shape index (κ1) is 12.7. The molecular formula is C12H13ClN4O. The summed E-state index contributed by atoms with van der Waals surface area (Å²) in [4.78, 5) is 13.3. The van der Waals surface area contributed by atoms with Gasteiger partial charge in [-0.25, -0.2) is 0 Å². The number of anilines is 1. The van der Waals surface area contributed by atoms with Gasteiger partial charge >= 0.3 is 0 Å². The standard InChI is InChI=1S/C12H13ClN4O/c13-9-2-1-3-10(8(9)6-14)17-5-4-16-7-11(17)12(15)18/h1-3,11,16H,4-5,7H2,(H2,15,18). The number of nitrogens with zero attached hydrogens (tertiary/aromatic N) is 2. The molecule has 18 heavy (non-hydrogen) atoms. The number of amides is 1. The minimum absolute atomic E-state index is 0.382. The molecule has 3 N–H and O–H groups in total. The summed E-state index contributed by atoms with van der Waals surface area (Å²) < 4.78 is 0. The van der Waals surface area contributed by atoms with Crippen LogP contribution >= 0.6 is 11.6 Å². The molecule has 1 unspecified atom stereocenters. The first-order valence-corrected chi connectivity index (χ1v) is 5.98. The molecule has 1 atom stereocenters. The topological polar surface area (TPSA) is 82.2 Å². The summed E-state index contributed by atoms with van der Waals surface area (Å²) in [6.45, 7) is 1.83. The number of hydrogen-bond donors (Lipinski definition) is 2. The Morgan fingerprint density at radius 2 is 2.39 bits per heavy atom. The molecule has 1 aromatic rings. The number of hydrogen-bond acceptors (Lipinski definition) is 4. The van der Waals surface area contributed by atoms with Crippen molar-refractivity contribution in [1.82, 2.24) is 5.32 Å². The predicted octanol–water partition coefficient (Wildman–Crippen LogP) is 0.475. The summed E-state index contributed by atoms with van der Waals surface area (Å²) in [5.41, 5.74) is 6.43. The van der Waals surface area contributed by atoms with E-state index < -0.39 is 11.9 Å². The molecule has 1 saturated heterocycles. The Kier molecular flexibility index (Phi) is 3.70. The number of nitrogens with one attached hydrogen (secondary N) is 1. The lowest BCUT2D eigenvalue weighted by molar-refractivity contribution is -0.119. The zero-order valence-corrected chi connectivity index (χ0v) is 10.4. The molecule has 0 spiro atoms. The fraction of sp³-hybridized carbons (Fsp3) is 0.333. The largest absolute Gasteiger partial charge is 0.368 e. The van der Waals surface area contributed by atoms with Crippen LogP contribution in [-0.2, 0) is 4.79 Å². The van der Waals surface area contributed by atoms with Crippen molar-refractivity contribution in [2.24, 2.45) is 5.73 Å². The van der Waals surface area contributed by atoms with Crippen LogP contribution < -0.4 is 16.0 Å². The third kappa shape index (κ3) is 2.26. The van der Waals surface area contributed by atoms with Crippen LogP contribution in [0, 0.1) is 11.3 Å². The van der Waals surface area contributed by atoms with Gasteiger partial charge in [0.2, 0.25) is 5.91 Å². The number of nitriles is 1. The van der Waals surface area contributed by atoms with Crippen LogP contribution in [0.25, 0.3) is 0 Å². The minimum atomic E-state index is -0.454. The molecule has 1 heterocycles. The van der Waals surface area contributed by atoms with E-state index >= 15 is 0 Å². The minimum Gasteiger partial charge on any atom is -0.368 e. The van der Waals surface area contributed by atoms with Crippen molar-refractivity contribution in [3.63, 3.8) is 0 Å². The molecule has 0 aromatic heterocycles. The smallest absolute Gasteiger partial charge is 0.241 e. The summed E-state index contributed by atoms with van der Waals surface area (Å²) in [5, 5.41) is 12.7. The van der Waals surface area contributed by atoms with Gasteiger partial charge in [0.1, 0.15) is 12.1 Å². The van der Waals surface area contributed by atoms with Crippen LogP contribution in [-0.4, -0.2) is 31.6 Å². The van der Waals surface area contributed by atoms with E-state index in [9.17, 15) is 4.79 Å². The number of halogens is 1. The van der Waals surface area contributed by atoms with E-state index in [1.807, 2.05) is 4.90 Å². The third-order valence-electron chi connectivity index (χ3n) is 2.98. The number of piperazine rings is 1. The molecule has 1 aliphatic rings. The maximum Gasteiger partial charge on any atom is 0.241 e. The normalized spacial score (nSPS) is 19.3. The number of primary amides is 1. The molecule has 0 saturated carbocycles. The van der Waals surface area contributed by atoms with Gasteiger partial charge in [0.25, 0.3) is 0 Å². The Morgan fingerprint density at radius 3 is 3.06 bits per heavy atom. The lowest BCUT2D eigenvalue weighted by atomic mass is 10.1. The molecule has 0 aliphatic carbocycles. The van der Waals surface area contributed by atoms with Crippen molar-refractivity contribution in [3.05, 3.63) is 28.8 Å². The average Bonchev–Trinajstić information content (AvgIpc) is 2.38. The van der Waals surface area contributed by atoms with Gasteiger partial charge < -0.3 is 16.0 Å². The van der Waals surface area contributed by atoms with Gasteiger partial charge in [-0.05, 0) is 12.1 Å². The quantitative estimate of drug-likeness (QED) is 0.814. The highest BCUT2D eigenvalue weighted by Gasteiger charge is 2.28. The lowest BCUT2D eigenvalue weighted by Gasteiger charge is -2.36. The van der Waals surface area contributed by atoms with Crippen molar-refractivity contribution in [2.75, 3.05) is 24.5 Å². The first-order valence-electron chi connectivity index (χ1n) is 5.60. The van der Waals surface area contributed by atoms with Crippen molar-refractivity contribution < 1.29 is 4.79 Å². The molecule has 5 nitrogen and oxygen atoms in total. The average molecular weight is 265 g/mol. The van der Waals surface area contributed by atoms with Gasteiger partial charge in [-0.2, -0.15) is 5.26 Å². The third-order valence-corrected chi connectivity index (χ3v) is 3.30. The van der Waals surface area contributed by atoms with Gasteiger partial charge in [-0.15, -0.1) is 0 Å². The lowest BCUT2D eigenvalue weighted by Crippen LogP contribution is -2.57. The second-order valence-electron chi connectivity index (χ2n) is 4.06. The number of carbonyl (C=O) groups is 1. The van der Waals surface area contributed by atoms with E-state index in [2.05, 4.69) is 11.4 Å². The predicted molar refractivity (Wildman–Crippen MR) is 69.4 cm³/mol. The molecule has 1 fully saturated rings. The monoisotopic (exact) mass is 264 g/mol. The summed E-state index contributed by atoms with van der Waals surface area (Å²) in [6, 6.07) is 6.82. The SMILES string of the molecule is N#Cc1c(Cl)cccc1N1CCNCC1C(N)=O. The zero-order chi connectivity index (χ0) is 13.1. The summed E-state index contributed by atoms with van der Waals surface area (Å²) in [6.07, 6.45) is 0. The van der Waals surface area contributed by atoms with Crippen LogP contribution in [0.2, 0.25) is 5.02 Å². The van der Waals surface area contributed by atoms with Crippen molar-refractivity contribution in [2.45, 2.75) is 6.04 Å². The molecule has 1 aliphatic heterocycles. The van der Waals surface area contributed by atoms with E-state index in [0.717, 1.165) is 6.54 Å². The Labute approximate surface area is 110 Å². The first-order chi connectivity index (χ1) is 8.65. The van der Waals surface area contributed by atoms with Gasteiger partial charge in [-0.3, -0.25) is 4.79 Å². The zero-order valence-electron chi connectivity index (χ0n) is 9.69. The Hall–Kier alpha value is -1.77. The highest BCUT2D eigenvalue weighted by molar-refractivity contribution is 6.32. The number of nitrogens with two attached hydrogens (primary N) is 1. The van der Waals surface area contributed by atoms with Crippen LogP contribution in [0.15, 0.2) is 18.2 Å². The van der Waals surface area contributed by atoms with Gasteiger partial charge in [0.15, 0.2) is 0 Å². The Balaban J connectivity index is 2.43. The molecule has 0 bridgehead atoms. The van der Waals surface area contributed by atoms with Crippen LogP contribution in [0.5, 0.6) is 0 Å². The van der Waals surface area contributed by atoms with E-state index in [0.29, 0.717) is 29.4 Å². The Bertz CT molecular complexity index is 511. The maximum absolute atomic E-state index is 11.4. The van der Waals surface area contributed by atoms with Crippen molar-refractivity contribution in [1.29, 1.82) is 5.26 Å². The van der Waals surface area contributed by atoms with Crippen LogP contribution in [0.3, 0.4) is 0 Å². The van der Waals surface area contributed by atoms with E-state index in [4.69, 9.17) is 22.6 Å². The molecule has 1 amide bonds. The van der Waals surface area contributed by atoms with Crippen molar-refractivity contribution in [3.8, 4) is 6.07 Å².